The van der Waals surface area contributed by atoms with E-state index in [-0.39, 0.29) is 11.6 Å². The van der Waals surface area contributed by atoms with E-state index in [1.54, 1.807) is 37.5 Å². The van der Waals surface area contributed by atoms with E-state index in [2.05, 4.69) is 9.97 Å². The molecule has 1 atom stereocenters. The van der Waals surface area contributed by atoms with E-state index in [4.69, 9.17) is 9.47 Å². The van der Waals surface area contributed by atoms with Crippen molar-refractivity contribution in [3.05, 3.63) is 18.5 Å². The summed E-state index contributed by atoms with van der Waals surface area (Å²) in [6, 6.07) is 2.26. The van der Waals surface area contributed by atoms with Gasteiger partial charge in [-0.2, -0.15) is 0 Å². The summed E-state index contributed by atoms with van der Waals surface area (Å²) in [6.07, 6.45) is 6.35. The predicted octanol–water partition coefficient (Wildman–Crippen LogP) is 1.41. The summed E-state index contributed by atoms with van der Waals surface area (Å²) in [5.74, 6) is 0.559. The SMILES string of the molecule is CN(C)C(=O)N1CC2(CC(CCOc3ncccn3)CCO2)C1. The molecule has 1 unspecified atom stereocenters. The average molecular weight is 320 g/mol. The Hall–Kier alpha value is -1.89. The van der Waals surface area contributed by atoms with Gasteiger partial charge in [0.15, 0.2) is 0 Å². The second kappa shape index (κ2) is 6.70. The van der Waals surface area contributed by atoms with Gasteiger partial charge in [-0.3, -0.25) is 0 Å². The summed E-state index contributed by atoms with van der Waals surface area (Å²) in [5.41, 5.74) is -0.141. The highest BCUT2D eigenvalue weighted by Crippen LogP contribution is 2.38. The Labute approximate surface area is 136 Å². The highest BCUT2D eigenvalue weighted by atomic mass is 16.5. The monoisotopic (exact) mass is 320 g/mol. The third-order valence-corrected chi connectivity index (χ3v) is 4.51. The zero-order chi connectivity index (χ0) is 16.3. The first-order valence-electron chi connectivity index (χ1n) is 8.08. The molecule has 7 heteroatoms. The van der Waals surface area contributed by atoms with Gasteiger partial charge >= 0.3 is 12.0 Å². The molecule has 3 rings (SSSR count). The summed E-state index contributed by atoms with van der Waals surface area (Å²) in [7, 11) is 3.56. The van der Waals surface area contributed by atoms with Crippen LogP contribution in [0.2, 0.25) is 0 Å². The summed E-state index contributed by atoms with van der Waals surface area (Å²) in [5, 5.41) is 0. The number of amides is 2. The Bertz CT molecular complexity index is 531. The zero-order valence-corrected chi connectivity index (χ0v) is 13.8. The minimum Gasteiger partial charge on any atom is -0.463 e. The molecule has 0 saturated carbocycles. The van der Waals surface area contributed by atoms with Crippen molar-refractivity contribution in [2.24, 2.45) is 5.92 Å². The Morgan fingerprint density at radius 3 is 2.87 bits per heavy atom. The van der Waals surface area contributed by atoms with Gasteiger partial charge in [0.25, 0.3) is 0 Å². The molecule has 0 bridgehead atoms. The van der Waals surface area contributed by atoms with E-state index >= 15 is 0 Å². The standard InChI is InChI=1S/C16H24N4O3/c1-19(2)15(21)20-11-16(12-20)10-13(5-9-23-16)4-8-22-14-17-6-3-7-18-14/h3,6-7,13H,4-5,8-12H2,1-2H3. The number of aromatic nitrogens is 2. The first-order chi connectivity index (χ1) is 11.1. The lowest BCUT2D eigenvalue weighted by Crippen LogP contribution is -2.67. The number of likely N-dealkylation sites (tertiary alicyclic amines) is 1. The number of carbonyl (C=O) groups excluding carboxylic acids is 1. The highest BCUT2D eigenvalue weighted by molar-refractivity contribution is 5.75. The number of nitrogens with zero attached hydrogens (tertiary/aromatic N) is 4. The maximum absolute atomic E-state index is 11.9. The van der Waals surface area contributed by atoms with Gasteiger partial charge in [-0.05, 0) is 31.2 Å². The molecule has 2 fully saturated rings. The number of ether oxygens (including phenoxy) is 2. The van der Waals surface area contributed by atoms with Crippen molar-refractivity contribution in [3.63, 3.8) is 0 Å². The molecule has 2 amide bonds. The molecular formula is C16H24N4O3. The number of rotatable bonds is 4. The Kier molecular flexibility index (Phi) is 4.66. The van der Waals surface area contributed by atoms with Gasteiger partial charge in [-0.15, -0.1) is 0 Å². The fourth-order valence-corrected chi connectivity index (χ4v) is 3.34. The van der Waals surface area contributed by atoms with Crippen LogP contribution in [0, 0.1) is 5.92 Å². The highest BCUT2D eigenvalue weighted by Gasteiger charge is 2.49. The predicted molar refractivity (Wildman–Crippen MR) is 84.2 cm³/mol. The van der Waals surface area contributed by atoms with Crippen molar-refractivity contribution < 1.29 is 14.3 Å². The second-order valence-electron chi connectivity index (χ2n) is 6.59. The summed E-state index contributed by atoms with van der Waals surface area (Å²) in [4.78, 5) is 23.5. The minimum absolute atomic E-state index is 0.0610. The van der Waals surface area contributed by atoms with Crippen LogP contribution in [0.1, 0.15) is 19.3 Å². The lowest BCUT2D eigenvalue weighted by molar-refractivity contribution is -0.167. The van der Waals surface area contributed by atoms with Crippen LogP contribution in [0.25, 0.3) is 0 Å². The van der Waals surface area contributed by atoms with E-state index in [0.29, 0.717) is 31.6 Å². The van der Waals surface area contributed by atoms with Gasteiger partial charge in [-0.25, -0.2) is 14.8 Å². The van der Waals surface area contributed by atoms with Crippen LogP contribution in [-0.4, -0.2) is 71.8 Å². The molecule has 2 aliphatic heterocycles. The lowest BCUT2D eigenvalue weighted by atomic mass is 9.79. The summed E-state index contributed by atoms with van der Waals surface area (Å²) in [6.45, 7) is 2.77. The molecule has 1 aromatic heterocycles. The van der Waals surface area contributed by atoms with Crippen LogP contribution < -0.4 is 4.74 Å². The van der Waals surface area contributed by atoms with Crippen LogP contribution in [-0.2, 0) is 4.74 Å². The fraction of sp³-hybridized carbons (Fsp3) is 0.688. The van der Waals surface area contributed by atoms with E-state index in [1.807, 2.05) is 4.90 Å². The molecule has 0 aromatic carbocycles. The van der Waals surface area contributed by atoms with Gasteiger partial charge in [0.2, 0.25) is 0 Å². The maximum Gasteiger partial charge on any atom is 0.319 e. The normalized spacial score (nSPS) is 22.5. The third-order valence-electron chi connectivity index (χ3n) is 4.51. The first kappa shape index (κ1) is 16.0. The van der Waals surface area contributed by atoms with Crippen LogP contribution in [0.3, 0.4) is 0 Å². The number of urea groups is 1. The third kappa shape index (κ3) is 3.72. The largest absolute Gasteiger partial charge is 0.463 e. The van der Waals surface area contributed by atoms with E-state index in [0.717, 1.165) is 25.9 Å². The van der Waals surface area contributed by atoms with Crippen molar-refractivity contribution in [1.29, 1.82) is 0 Å². The molecule has 2 aliphatic rings. The molecule has 126 valence electrons. The van der Waals surface area contributed by atoms with E-state index < -0.39 is 0 Å². The number of hydrogen-bond donors (Lipinski definition) is 0. The summed E-state index contributed by atoms with van der Waals surface area (Å²) < 4.78 is 11.6. The molecule has 0 aliphatic carbocycles. The number of hydrogen-bond acceptors (Lipinski definition) is 5. The molecule has 0 radical (unpaired) electrons. The average Bonchev–Trinajstić information content (AvgIpc) is 2.53. The van der Waals surface area contributed by atoms with Gasteiger partial charge < -0.3 is 19.3 Å². The van der Waals surface area contributed by atoms with Crippen LogP contribution in [0.15, 0.2) is 18.5 Å². The molecule has 3 heterocycles. The van der Waals surface area contributed by atoms with Crippen LogP contribution >= 0.6 is 0 Å². The van der Waals surface area contributed by atoms with Gasteiger partial charge in [0.1, 0.15) is 5.60 Å². The van der Waals surface area contributed by atoms with Gasteiger partial charge in [0, 0.05) is 33.1 Å². The first-order valence-corrected chi connectivity index (χ1v) is 8.08. The molecule has 23 heavy (non-hydrogen) atoms. The zero-order valence-electron chi connectivity index (χ0n) is 13.8. The fourth-order valence-electron chi connectivity index (χ4n) is 3.34. The Balaban J connectivity index is 1.43. The Morgan fingerprint density at radius 1 is 1.43 bits per heavy atom. The van der Waals surface area contributed by atoms with Crippen LogP contribution in [0.4, 0.5) is 4.79 Å². The minimum atomic E-state index is -0.141. The molecule has 2 saturated heterocycles. The van der Waals surface area contributed by atoms with Crippen LogP contribution in [0.5, 0.6) is 6.01 Å². The van der Waals surface area contributed by atoms with Gasteiger partial charge in [-0.1, -0.05) is 0 Å². The topological polar surface area (TPSA) is 67.8 Å². The van der Waals surface area contributed by atoms with Crippen molar-refractivity contribution in [1.82, 2.24) is 19.8 Å². The smallest absolute Gasteiger partial charge is 0.319 e. The quantitative estimate of drug-likeness (QED) is 0.839. The Morgan fingerprint density at radius 2 is 2.17 bits per heavy atom. The number of carbonyl (C=O) groups is 1. The van der Waals surface area contributed by atoms with Gasteiger partial charge in [0.05, 0.1) is 19.7 Å². The second-order valence-corrected chi connectivity index (χ2v) is 6.59. The molecular weight excluding hydrogens is 296 g/mol. The van der Waals surface area contributed by atoms with E-state index in [1.165, 1.54) is 0 Å². The van der Waals surface area contributed by atoms with Crippen molar-refractivity contribution in [3.8, 4) is 6.01 Å². The van der Waals surface area contributed by atoms with Crippen molar-refractivity contribution >= 4 is 6.03 Å². The summed E-state index contributed by atoms with van der Waals surface area (Å²) >= 11 is 0. The molecule has 1 aromatic rings. The lowest BCUT2D eigenvalue weighted by Gasteiger charge is -2.53. The van der Waals surface area contributed by atoms with Crippen molar-refractivity contribution in [2.45, 2.75) is 24.9 Å². The molecule has 1 spiro atoms. The molecule has 0 N–H and O–H groups in total. The molecule has 7 nitrogen and oxygen atoms in total. The maximum atomic E-state index is 11.9. The van der Waals surface area contributed by atoms with E-state index in [9.17, 15) is 4.79 Å². The van der Waals surface area contributed by atoms with Crippen molar-refractivity contribution in [2.75, 3.05) is 40.4 Å².